The van der Waals surface area contributed by atoms with Crippen molar-refractivity contribution in [3.05, 3.63) is 104 Å². The molecule has 0 saturated carbocycles. The maximum absolute atomic E-state index is 2.48. The van der Waals surface area contributed by atoms with E-state index in [1.165, 1.54) is 61.4 Å². The van der Waals surface area contributed by atoms with Crippen LogP contribution in [-0.2, 0) is 0 Å². The second kappa shape index (κ2) is 7.20. The first kappa shape index (κ1) is 18.6. The van der Waals surface area contributed by atoms with Crippen LogP contribution in [-0.4, -0.2) is 0 Å². The summed E-state index contributed by atoms with van der Waals surface area (Å²) >= 11 is 4.93. The zero-order chi connectivity index (χ0) is 20.2. The van der Waals surface area contributed by atoms with E-state index in [2.05, 4.69) is 142 Å². The first-order valence-corrected chi connectivity index (χ1v) is 12.1. The van der Waals surface area contributed by atoms with Crippen LogP contribution < -0.4 is 0 Å². The highest BCUT2D eigenvalue weighted by Gasteiger charge is 2.14. The Morgan fingerprint density at radius 2 is 0.933 bits per heavy atom. The third-order valence-corrected chi connectivity index (χ3v) is 7.81. The number of hydrogen-bond acceptors (Lipinski definition) is 0. The van der Waals surface area contributed by atoms with Crippen LogP contribution in [0.3, 0.4) is 0 Å². The number of rotatable bonds is 1. The molecule has 0 unspecified atom stereocenters. The van der Waals surface area contributed by atoms with Gasteiger partial charge in [0.15, 0.2) is 0 Å². The maximum Gasteiger partial charge on any atom is 0.0215 e. The van der Waals surface area contributed by atoms with Crippen LogP contribution in [0.2, 0.25) is 0 Å². The second-order valence-corrected chi connectivity index (χ2v) is 9.94. The normalized spacial score (nSPS) is 11.7. The van der Waals surface area contributed by atoms with E-state index < -0.39 is 0 Å². The van der Waals surface area contributed by atoms with E-state index in [0.29, 0.717) is 0 Å². The molecule has 142 valence electrons. The van der Waals surface area contributed by atoms with E-state index in [-0.39, 0.29) is 0 Å². The fraction of sp³-hybridized carbons (Fsp3) is 0. The minimum atomic E-state index is 1.28. The van der Waals surface area contributed by atoms with Crippen LogP contribution >= 0.6 is 45.2 Å². The van der Waals surface area contributed by atoms with Gasteiger partial charge in [-0.3, -0.25) is 0 Å². The highest BCUT2D eigenvalue weighted by atomic mass is 127. The molecular formula is C28H16I2. The minimum Gasteiger partial charge on any atom is -0.0616 e. The van der Waals surface area contributed by atoms with Gasteiger partial charge in [-0.1, -0.05) is 72.8 Å². The van der Waals surface area contributed by atoms with Gasteiger partial charge in [-0.15, -0.1) is 0 Å². The molecule has 0 N–H and O–H groups in total. The van der Waals surface area contributed by atoms with E-state index in [9.17, 15) is 0 Å². The average molecular weight is 606 g/mol. The Labute approximate surface area is 202 Å². The number of benzene rings is 6. The smallest absolute Gasteiger partial charge is 0.0215 e. The Balaban J connectivity index is 1.86. The Hall–Kier alpha value is -2.18. The van der Waals surface area contributed by atoms with Crippen LogP contribution in [0.15, 0.2) is 97.1 Å². The van der Waals surface area contributed by atoms with Gasteiger partial charge in [0, 0.05) is 12.7 Å². The van der Waals surface area contributed by atoms with Crippen LogP contribution in [0.5, 0.6) is 0 Å². The number of fused-ring (bicyclic) bond motifs is 7. The van der Waals surface area contributed by atoms with Crippen molar-refractivity contribution in [3.63, 3.8) is 0 Å². The molecule has 0 heterocycles. The molecule has 0 atom stereocenters. The lowest BCUT2D eigenvalue weighted by atomic mass is 9.90. The summed E-state index contributed by atoms with van der Waals surface area (Å²) in [5.74, 6) is 0. The van der Waals surface area contributed by atoms with Crippen molar-refractivity contribution in [2.24, 2.45) is 0 Å². The Morgan fingerprint density at radius 3 is 1.57 bits per heavy atom. The summed E-state index contributed by atoms with van der Waals surface area (Å²) < 4.78 is 2.57. The fourth-order valence-electron chi connectivity index (χ4n) is 4.63. The van der Waals surface area contributed by atoms with E-state index >= 15 is 0 Å². The molecule has 0 aliphatic rings. The van der Waals surface area contributed by atoms with Crippen LogP contribution in [0.25, 0.3) is 54.2 Å². The lowest BCUT2D eigenvalue weighted by Crippen LogP contribution is -1.90. The van der Waals surface area contributed by atoms with Gasteiger partial charge in [0.05, 0.1) is 0 Å². The zero-order valence-corrected chi connectivity index (χ0v) is 20.3. The van der Waals surface area contributed by atoms with Crippen molar-refractivity contribution in [1.29, 1.82) is 0 Å². The van der Waals surface area contributed by atoms with E-state index in [1.54, 1.807) is 0 Å². The molecule has 6 rings (SSSR count). The first-order chi connectivity index (χ1) is 14.7. The summed E-state index contributed by atoms with van der Waals surface area (Å²) in [6, 6.07) is 35.6. The zero-order valence-electron chi connectivity index (χ0n) is 16.0. The Bertz CT molecular complexity index is 1610. The van der Waals surface area contributed by atoms with Gasteiger partial charge >= 0.3 is 0 Å². The molecule has 0 nitrogen and oxygen atoms in total. The van der Waals surface area contributed by atoms with E-state index in [4.69, 9.17) is 0 Å². The molecule has 6 aromatic carbocycles. The molecule has 0 amide bonds. The third-order valence-electron chi connectivity index (χ3n) is 5.97. The predicted octanol–water partition coefficient (Wildman–Crippen LogP) is 9.18. The molecule has 0 aromatic heterocycles. The summed E-state index contributed by atoms with van der Waals surface area (Å²) in [5, 5.41) is 10.5. The highest BCUT2D eigenvalue weighted by Crippen LogP contribution is 2.41. The summed E-state index contributed by atoms with van der Waals surface area (Å²) in [6.07, 6.45) is 0. The summed E-state index contributed by atoms with van der Waals surface area (Å²) in [4.78, 5) is 0. The van der Waals surface area contributed by atoms with Gasteiger partial charge in [-0.25, -0.2) is 0 Å². The lowest BCUT2D eigenvalue weighted by Gasteiger charge is -2.15. The molecule has 0 aliphatic carbocycles. The molecule has 0 bridgehead atoms. The predicted molar refractivity (Wildman–Crippen MR) is 147 cm³/mol. The van der Waals surface area contributed by atoms with Crippen molar-refractivity contribution in [2.75, 3.05) is 0 Å². The van der Waals surface area contributed by atoms with Gasteiger partial charge in [0.2, 0.25) is 0 Å². The van der Waals surface area contributed by atoms with Gasteiger partial charge in [-0.2, -0.15) is 0 Å². The number of hydrogen-bond donors (Lipinski definition) is 0. The minimum absolute atomic E-state index is 1.28. The molecule has 30 heavy (non-hydrogen) atoms. The van der Waals surface area contributed by atoms with Crippen molar-refractivity contribution in [1.82, 2.24) is 0 Å². The van der Waals surface area contributed by atoms with Crippen LogP contribution in [0.4, 0.5) is 0 Å². The second-order valence-electron chi connectivity index (χ2n) is 7.61. The quantitative estimate of drug-likeness (QED) is 0.0996. The maximum atomic E-state index is 2.48. The van der Waals surface area contributed by atoms with Gasteiger partial charge in [0.25, 0.3) is 0 Å². The monoisotopic (exact) mass is 606 g/mol. The van der Waals surface area contributed by atoms with E-state index in [0.717, 1.165) is 0 Å². The molecule has 0 fully saturated rings. The molecule has 0 radical (unpaired) electrons. The largest absolute Gasteiger partial charge is 0.0616 e. The SMILES string of the molecule is Ic1ccccc1-c1c(I)ccc2cc3c4ccccc4c4ccccc4c3cc12. The molecule has 0 spiro atoms. The van der Waals surface area contributed by atoms with Gasteiger partial charge in [-0.05, 0) is 118 Å². The van der Waals surface area contributed by atoms with Crippen molar-refractivity contribution < 1.29 is 0 Å². The molecular weight excluding hydrogens is 590 g/mol. The average Bonchev–Trinajstić information content (AvgIpc) is 2.79. The Kier molecular flexibility index (Phi) is 4.46. The van der Waals surface area contributed by atoms with Gasteiger partial charge in [0.1, 0.15) is 0 Å². The van der Waals surface area contributed by atoms with Crippen molar-refractivity contribution >= 4 is 88.3 Å². The summed E-state index contributed by atoms with van der Waals surface area (Å²) in [7, 11) is 0. The highest BCUT2D eigenvalue weighted by molar-refractivity contribution is 14.1. The standard InChI is InChI=1S/C28H16I2/c29-26-12-6-5-11-22(26)28-23-16-25-21-10-4-2-8-19(21)18-7-1-3-9-20(18)24(25)15-17(23)13-14-27(28)30/h1-16H. The lowest BCUT2D eigenvalue weighted by molar-refractivity contribution is 1.59. The molecule has 0 aliphatic heterocycles. The first-order valence-electron chi connectivity index (χ1n) is 9.93. The van der Waals surface area contributed by atoms with Crippen LogP contribution in [0.1, 0.15) is 0 Å². The van der Waals surface area contributed by atoms with Gasteiger partial charge < -0.3 is 0 Å². The van der Waals surface area contributed by atoms with Crippen molar-refractivity contribution in [3.8, 4) is 11.1 Å². The third kappa shape index (κ3) is 2.77. The number of halogens is 2. The Morgan fingerprint density at radius 1 is 0.400 bits per heavy atom. The van der Waals surface area contributed by atoms with E-state index in [1.807, 2.05) is 0 Å². The summed E-state index contributed by atoms with van der Waals surface area (Å²) in [5.41, 5.74) is 2.63. The van der Waals surface area contributed by atoms with Crippen molar-refractivity contribution in [2.45, 2.75) is 0 Å². The molecule has 6 aromatic rings. The summed E-state index contributed by atoms with van der Waals surface area (Å²) in [6.45, 7) is 0. The fourth-order valence-corrected chi connectivity index (χ4v) is 6.05. The molecule has 0 saturated heterocycles. The molecule has 2 heteroatoms. The van der Waals surface area contributed by atoms with Crippen LogP contribution in [0, 0.1) is 7.14 Å². The topological polar surface area (TPSA) is 0 Å².